The summed E-state index contributed by atoms with van der Waals surface area (Å²) >= 11 is 0. The third-order valence-corrected chi connectivity index (χ3v) is 6.90. The zero-order valence-corrected chi connectivity index (χ0v) is 19.9. The lowest BCUT2D eigenvalue weighted by Gasteiger charge is -2.17. The monoisotopic (exact) mass is 434 g/mol. The molecule has 0 aliphatic heterocycles. The zero-order valence-electron chi connectivity index (χ0n) is 19.9. The van der Waals surface area contributed by atoms with Gasteiger partial charge in [0.15, 0.2) is 0 Å². The second kappa shape index (κ2) is 9.70. The molecular weight excluding hydrogens is 400 g/mol. The van der Waals surface area contributed by atoms with Gasteiger partial charge in [0.05, 0.1) is 0 Å². The molecule has 0 atom stereocenters. The van der Waals surface area contributed by atoms with Gasteiger partial charge in [-0.2, -0.15) is 0 Å². The van der Waals surface area contributed by atoms with Crippen LogP contribution < -0.4 is 0 Å². The SMILES string of the molecule is CCCCn1cc(C(c2ccccc2)c2cn(CCCC)c3ccccc23)c2ccccc21. The molecule has 0 saturated carbocycles. The number of nitrogens with zero attached hydrogens (tertiary/aromatic N) is 2. The van der Waals surface area contributed by atoms with Gasteiger partial charge in [-0.15, -0.1) is 0 Å². The van der Waals surface area contributed by atoms with Gasteiger partial charge in [-0.05, 0) is 41.7 Å². The summed E-state index contributed by atoms with van der Waals surface area (Å²) in [5, 5.41) is 2.74. The van der Waals surface area contributed by atoms with Gasteiger partial charge in [0, 0.05) is 53.2 Å². The van der Waals surface area contributed by atoms with Gasteiger partial charge >= 0.3 is 0 Å². The Morgan fingerprint density at radius 3 is 1.52 bits per heavy atom. The minimum atomic E-state index is 0.201. The first-order chi connectivity index (χ1) is 16.3. The summed E-state index contributed by atoms with van der Waals surface area (Å²) in [7, 11) is 0. The van der Waals surface area contributed by atoms with Crippen molar-refractivity contribution in [2.45, 2.75) is 58.5 Å². The fourth-order valence-corrected chi connectivity index (χ4v) is 5.21. The molecule has 2 heterocycles. The summed E-state index contributed by atoms with van der Waals surface area (Å²) in [4.78, 5) is 0. The number of benzene rings is 3. The van der Waals surface area contributed by atoms with Crippen LogP contribution in [-0.2, 0) is 13.1 Å². The number of para-hydroxylation sites is 2. The van der Waals surface area contributed by atoms with E-state index in [0.29, 0.717) is 0 Å². The van der Waals surface area contributed by atoms with Gasteiger partial charge in [-0.3, -0.25) is 0 Å². The topological polar surface area (TPSA) is 9.86 Å². The van der Waals surface area contributed by atoms with Gasteiger partial charge in [0.25, 0.3) is 0 Å². The molecule has 0 bridgehead atoms. The van der Waals surface area contributed by atoms with Crippen molar-refractivity contribution in [1.29, 1.82) is 0 Å². The van der Waals surface area contributed by atoms with Crippen molar-refractivity contribution in [2.24, 2.45) is 0 Å². The summed E-state index contributed by atoms with van der Waals surface area (Å²) in [5.41, 5.74) is 6.86. The van der Waals surface area contributed by atoms with E-state index in [9.17, 15) is 0 Å². The Balaban J connectivity index is 1.75. The van der Waals surface area contributed by atoms with Crippen molar-refractivity contribution in [2.75, 3.05) is 0 Å². The van der Waals surface area contributed by atoms with Crippen molar-refractivity contribution in [3.05, 3.63) is 108 Å². The number of rotatable bonds is 9. The van der Waals surface area contributed by atoms with E-state index in [4.69, 9.17) is 0 Å². The molecule has 33 heavy (non-hydrogen) atoms. The highest BCUT2D eigenvalue weighted by Gasteiger charge is 2.25. The second-order valence-electron chi connectivity index (χ2n) is 9.14. The van der Waals surface area contributed by atoms with E-state index >= 15 is 0 Å². The van der Waals surface area contributed by atoms with Crippen LogP contribution in [0.2, 0.25) is 0 Å². The van der Waals surface area contributed by atoms with E-state index in [-0.39, 0.29) is 5.92 Å². The van der Waals surface area contributed by atoms with Crippen molar-refractivity contribution < 1.29 is 0 Å². The standard InChI is InChI=1S/C31H34N2/c1-3-5-20-32-22-27(25-16-10-12-18-29(25)32)31(24-14-8-7-9-15-24)28-23-33(21-6-4-2)30-19-13-11-17-26(28)30/h7-19,22-23,31H,3-6,20-21H2,1-2H3. The Morgan fingerprint density at radius 1 is 0.576 bits per heavy atom. The molecular formula is C31H34N2. The molecule has 0 saturated heterocycles. The van der Waals surface area contributed by atoms with Crippen LogP contribution in [0, 0.1) is 0 Å². The molecule has 2 heteroatoms. The molecule has 2 aromatic heterocycles. The quantitative estimate of drug-likeness (QED) is 0.220. The van der Waals surface area contributed by atoms with Gasteiger partial charge in [0.2, 0.25) is 0 Å². The maximum absolute atomic E-state index is 2.47. The maximum Gasteiger partial charge on any atom is 0.0483 e. The number of aryl methyl sites for hydroxylation is 2. The lowest BCUT2D eigenvalue weighted by Crippen LogP contribution is -2.03. The molecule has 0 unspecified atom stereocenters. The third kappa shape index (κ3) is 4.11. The van der Waals surface area contributed by atoms with Crippen molar-refractivity contribution in [3.8, 4) is 0 Å². The summed E-state index contributed by atoms with van der Waals surface area (Å²) < 4.78 is 4.95. The number of fused-ring (bicyclic) bond motifs is 2. The molecule has 0 fully saturated rings. The lowest BCUT2D eigenvalue weighted by molar-refractivity contribution is 0.645. The Kier molecular flexibility index (Phi) is 6.35. The van der Waals surface area contributed by atoms with Gasteiger partial charge in [-0.25, -0.2) is 0 Å². The van der Waals surface area contributed by atoms with E-state index in [1.165, 1.54) is 64.2 Å². The minimum absolute atomic E-state index is 0.201. The molecule has 3 aromatic carbocycles. The first-order valence-electron chi connectivity index (χ1n) is 12.5. The molecule has 2 nitrogen and oxygen atoms in total. The number of hydrogen-bond donors (Lipinski definition) is 0. The summed E-state index contributed by atoms with van der Waals surface area (Å²) in [6.07, 6.45) is 9.66. The van der Waals surface area contributed by atoms with E-state index in [1.54, 1.807) is 0 Å². The van der Waals surface area contributed by atoms with Crippen LogP contribution in [0.5, 0.6) is 0 Å². The van der Waals surface area contributed by atoms with E-state index in [0.717, 1.165) is 13.1 Å². The molecule has 5 rings (SSSR count). The number of hydrogen-bond acceptors (Lipinski definition) is 0. The van der Waals surface area contributed by atoms with Crippen molar-refractivity contribution in [1.82, 2.24) is 9.13 Å². The molecule has 0 N–H and O–H groups in total. The molecule has 168 valence electrons. The fraction of sp³-hybridized carbons (Fsp3) is 0.290. The Labute approximate surface area is 197 Å². The third-order valence-electron chi connectivity index (χ3n) is 6.90. The largest absolute Gasteiger partial charge is 0.347 e. The zero-order chi connectivity index (χ0) is 22.6. The van der Waals surface area contributed by atoms with Crippen molar-refractivity contribution >= 4 is 21.8 Å². The number of aromatic nitrogens is 2. The van der Waals surface area contributed by atoms with Crippen LogP contribution in [-0.4, -0.2) is 9.13 Å². The molecule has 0 aliphatic rings. The summed E-state index contributed by atoms with van der Waals surface area (Å²) in [6, 6.07) is 28.9. The normalized spacial score (nSPS) is 11.7. The van der Waals surface area contributed by atoms with Crippen LogP contribution in [0.4, 0.5) is 0 Å². The Hall–Kier alpha value is -3.26. The van der Waals surface area contributed by atoms with Gasteiger partial charge < -0.3 is 9.13 Å². The highest BCUT2D eigenvalue weighted by atomic mass is 15.0. The molecule has 0 spiro atoms. The van der Waals surface area contributed by atoms with E-state index < -0.39 is 0 Å². The first-order valence-corrected chi connectivity index (χ1v) is 12.5. The number of unbranched alkanes of at least 4 members (excludes halogenated alkanes) is 2. The Bertz CT molecular complexity index is 1250. The fourth-order valence-electron chi connectivity index (χ4n) is 5.21. The van der Waals surface area contributed by atoms with E-state index in [1.807, 2.05) is 0 Å². The minimum Gasteiger partial charge on any atom is -0.347 e. The maximum atomic E-state index is 2.47. The van der Waals surface area contributed by atoms with Gasteiger partial charge in [-0.1, -0.05) is 93.4 Å². The van der Waals surface area contributed by atoms with Crippen LogP contribution in [0.15, 0.2) is 91.3 Å². The Morgan fingerprint density at radius 2 is 1.03 bits per heavy atom. The van der Waals surface area contributed by atoms with Crippen LogP contribution >= 0.6 is 0 Å². The van der Waals surface area contributed by atoms with Crippen LogP contribution in [0.1, 0.15) is 62.1 Å². The highest BCUT2D eigenvalue weighted by Crippen LogP contribution is 2.41. The lowest BCUT2D eigenvalue weighted by atomic mass is 9.85. The molecule has 5 aromatic rings. The smallest absolute Gasteiger partial charge is 0.0483 e. The second-order valence-corrected chi connectivity index (χ2v) is 9.14. The molecule has 0 amide bonds. The molecule has 0 radical (unpaired) electrons. The van der Waals surface area contributed by atoms with Crippen LogP contribution in [0.3, 0.4) is 0 Å². The summed E-state index contributed by atoms with van der Waals surface area (Å²) in [6.45, 7) is 6.67. The first kappa shape index (κ1) is 21.6. The van der Waals surface area contributed by atoms with Gasteiger partial charge in [0.1, 0.15) is 0 Å². The average molecular weight is 435 g/mol. The molecule has 0 aliphatic carbocycles. The summed E-state index contributed by atoms with van der Waals surface area (Å²) in [5.74, 6) is 0.201. The van der Waals surface area contributed by atoms with E-state index in [2.05, 4.69) is 114 Å². The highest BCUT2D eigenvalue weighted by molar-refractivity contribution is 5.89. The predicted molar refractivity (Wildman–Crippen MR) is 141 cm³/mol. The predicted octanol–water partition coefficient (Wildman–Crippen LogP) is 8.38. The average Bonchev–Trinajstić information content (AvgIpc) is 3.41. The van der Waals surface area contributed by atoms with Crippen LogP contribution in [0.25, 0.3) is 21.8 Å². The van der Waals surface area contributed by atoms with Crippen molar-refractivity contribution in [3.63, 3.8) is 0 Å².